The first-order valence-electron chi connectivity index (χ1n) is 9.81. The average Bonchev–Trinajstić information content (AvgIpc) is 3.50. The van der Waals surface area contributed by atoms with Crippen LogP contribution in [0.3, 0.4) is 0 Å². The number of carboxylic acid groups (broad SMARTS) is 1. The molecule has 0 amide bonds. The number of hydrogen-bond acceptors (Lipinski definition) is 10. The highest BCUT2D eigenvalue weighted by molar-refractivity contribution is 9.10. The van der Waals surface area contributed by atoms with Crippen molar-refractivity contribution in [1.29, 1.82) is 0 Å². The molecule has 0 aliphatic heterocycles. The van der Waals surface area contributed by atoms with Crippen molar-refractivity contribution in [3.63, 3.8) is 0 Å². The van der Waals surface area contributed by atoms with E-state index in [4.69, 9.17) is 14.2 Å². The summed E-state index contributed by atoms with van der Waals surface area (Å²) in [6.07, 6.45) is 1.48. The number of rotatable bonds is 7. The predicted molar refractivity (Wildman–Crippen MR) is 127 cm³/mol. The van der Waals surface area contributed by atoms with E-state index in [1.54, 1.807) is 24.3 Å². The van der Waals surface area contributed by atoms with Crippen LogP contribution in [0.15, 0.2) is 79.3 Å². The van der Waals surface area contributed by atoms with Gasteiger partial charge in [0.1, 0.15) is 11.5 Å². The highest BCUT2D eigenvalue weighted by Crippen LogP contribution is 2.25. The van der Waals surface area contributed by atoms with Gasteiger partial charge in [-0.15, -0.1) is 0 Å². The van der Waals surface area contributed by atoms with Gasteiger partial charge in [-0.1, -0.05) is 28.1 Å². The van der Waals surface area contributed by atoms with E-state index in [1.807, 2.05) is 24.3 Å². The molecule has 0 spiro atoms. The summed E-state index contributed by atoms with van der Waals surface area (Å²) in [5, 5.41) is 23.8. The lowest BCUT2D eigenvalue weighted by atomic mass is 10.1. The third-order valence-electron chi connectivity index (χ3n) is 4.63. The monoisotopic (exact) mass is 519 g/mol. The van der Waals surface area contributed by atoms with Crippen LogP contribution in [-0.4, -0.2) is 37.6 Å². The van der Waals surface area contributed by atoms with Gasteiger partial charge in [-0.2, -0.15) is 10.1 Å². The van der Waals surface area contributed by atoms with Crippen molar-refractivity contribution in [3.05, 3.63) is 76.5 Å². The van der Waals surface area contributed by atoms with Gasteiger partial charge in [-0.3, -0.25) is 5.43 Å². The summed E-state index contributed by atoms with van der Waals surface area (Å²) < 4.78 is 11.4. The zero-order valence-corrected chi connectivity index (χ0v) is 18.7. The standard InChI is InChI=1S/C22H14BrN7O4/c23-14-5-7-15(8-6-14)25-18-19(27-21-20(26-18)29-34-30-21)28-24-11-16-9-10-17(33-16)12-1-3-13(4-2-12)22(31)32/h1-11H,(H,31,32)(H,25,26,29)(H,27,28,30)/b24-11+. The molecular formula is C22H14BrN7O4. The van der Waals surface area contributed by atoms with E-state index < -0.39 is 5.97 Å². The van der Waals surface area contributed by atoms with Crippen molar-refractivity contribution in [3.8, 4) is 11.3 Å². The van der Waals surface area contributed by atoms with Crippen LogP contribution in [0.1, 0.15) is 16.1 Å². The molecule has 0 bridgehead atoms. The normalized spacial score (nSPS) is 11.2. The largest absolute Gasteiger partial charge is 0.478 e. The molecule has 3 aromatic heterocycles. The van der Waals surface area contributed by atoms with Crippen molar-refractivity contribution in [1.82, 2.24) is 20.3 Å². The van der Waals surface area contributed by atoms with Crippen LogP contribution in [0.4, 0.5) is 17.3 Å². The number of hydrogen-bond donors (Lipinski definition) is 3. The number of benzene rings is 2. The summed E-state index contributed by atoms with van der Waals surface area (Å²) in [7, 11) is 0. The number of furan rings is 1. The van der Waals surface area contributed by atoms with Crippen LogP contribution in [0.2, 0.25) is 0 Å². The lowest BCUT2D eigenvalue weighted by molar-refractivity contribution is 0.0697. The molecule has 5 rings (SSSR count). The lowest BCUT2D eigenvalue weighted by Crippen LogP contribution is -2.03. The fourth-order valence-corrected chi connectivity index (χ4v) is 3.25. The van der Waals surface area contributed by atoms with Gasteiger partial charge in [0, 0.05) is 15.7 Å². The third kappa shape index (κ3) is 4.61. The van der Waals surface area contributed by atoms with E-state index in [0.29, 0.717) is 23.2 Å². The Morgan fingerprint density at radius 1 is 0.941 bits per heavy atom. The molecule has 5 aromatic rings. The molecule has 0 unspecified atom stereocenters. The summed E-state index contributed by atoms with van der Waals surface area (Å²) in [5.74, 6) is 0.747. The van der Waals surface area contributed by atoms with Crippen molar-refractivity contribution in [2.75, 3.05) is 10.7 Å². The second-order valence-electron chi connectivity index (χ2n) is 6.92. The Hall–Kier alpha value is -4.58. The molecule has 0 aliphatic carbocycles. The second-order valence-corrected chi connectivity index (χ2v) is 7.83. The SMILES string of the molecule is O=C(O)c1ccc(-c2ccc(/C=N/Nc3nc4nonc4nc3Nc3ccc(Br)cc3)o2)cc1. The number of anilines is 3. The zero-order valence-electron chi connectivity index (χ0n) is 17.1. The number of aromatic carboxylic acids is 1. The Kier molecular flexibility index (Phi) is 5.70. The van der Waals surface area contributed by atoms with Gasteiger partial charge in [0.15, 0.2) is 11.6 Å². The number of carboxylic acids is 1. The summed E-state index contributed by atoms with van der Waals surface area (Å²) in [4.78, 5) is 19.7. The first-order chi connectivity index (χ1) is 16.5. The van der Waals surface area contributed by atoms with Gasteiger partial charge < -0.3 is 14.8 Å². The van der Waals surface area contributed by atoms with Crippen LogP contribution >= 0.6 is 15.9 Å². The number of halogens is 1. The van der Waals surface area contributed by atoms with Crippen LogP contribution in [-0.2, 0) is 0 Å². The number of hydrazone groups is 1. The van der Waals surface area contributed by atoms with Gasteiger partial charge in [0.25, 0.3) is 0 Å². The highest BCUT2D eigenvalue weighted by Gasteiger charge is 2.13. The Balaban J connectivity index is 1.35. The summed E-state index contributed by atoms with van der Waals surface area (Å²) >= 11 is 3.40. The van der Waals surface area contributed by atoms with Crippen molar-refractivity contribution in [2.45, 2.75) is 0 Å². The minimum Gasteiger partial charge on any atom is -0.478 e. The minimum atomic E-state index is -0.985. The fourth-order valence-electron chi connectivity index (χ4n) is 2.98. The first-order valence-corrected chi connectivity index (χ1v) is 10.6. The predicted octanol–water partition coefficient (Wildman–Crippen LogP) is 4.92. The van der Waals surface area contributed by atoms with Gasteiger partial charge in [0.2, 0.25) is 11.3 Å². The smallest absolute Gasteiger partial charge is 0.335 e. The van der Waals surface area contributed by atoms with Crippen molar-refractivity contribution < 1.29 is 18.9 Å². The van der Waals surface area contributed by atoms with E-state index in [9.17, 15) is 4.79 Å². The van der Waals surface area contributed by atoms with E-state index in [1.165, 1.54) is 18.3 Å². The zero-order chi connectivity index (χ0) is 23.5. The maximum absolute atomic E-state index is 11.0. The highest BCUT2D eigenvalue weighted by atomic mass is 79.9. The molecule has 0 atom stereocenters. The maximum atomic E-state index is 11.0. The number of carbonyl (C=O) groups is 1. The van der Waals surface area contributed by atoms with Gasteiger partial charge in [-0.25, -0.2) is 14.4 Å². The van der Waals surface area contributed by atoms with Crippen molar-refractivity contribution in [2.24, 2.45) is 5.10 Å². The quantitative estimate of drug-likeness (QED) is 0.199. The average molecular weight is 520 g/mol. The Morgan fingerprint density at radius 3 is 2.35 bits per heavy atom. The molecule has 0 saturated heterocycles. The second kappa shape index (κ2) is 9.11. The fraction of sp³-hybridized carbons (Fsp3) is 0. The molecule has 3 N–H and O–H groups in total. The molecule has 0 fully saturated rings. The van der Waals surface area contributed by atoms with Gasteiger partial charge >= 0.3 is 5.97 Å². The molecule has 12 heteroatoms. The van der Waals surface area contributed by atoms with Gasteiger partial charge in [0.05, 0.1) is 11.8 Å². The number of fused-ring (bicyclic) bond motifs is 1. The Morgan fingerprint density at radius 2 is 1.65 bits per heavy atom. The van der Waals surface area contributed by atoms with E-state index in [0.717, 1.165) is 15.7 Å². The number of nitrogens with one attached hydrogen (secondary N) is 2. The molecule has 0 saturated carbocycles. The molecule has 0 aliphatic rings. The third-order valence-corrected chi connectivity index (χ3v) is 5.16. The summed E-state index contributed by atoms with van der Waals surface area (Å²) in [6, 6.07) is 17.4. The first kappa shape index (κ1) is 21.3. The van der Waals surface area contributed by atoms with E-state index in [-0.39, 0.29) is 16.9 Å². The van der Waals surface area contributed by atoms with Crippen LogP contribution < -0.4 is 10.7 Å². The van der Waals surface area contributed by atoms with Crippen LogP contribution in [0.25, 0.3) is 22.6 Å². The Labute approximate surface area is 199 Å². The molecule has 11 nitrogen and oxygen atoms in total. The molecule has 0 radical (unpaired) electrons. The topological polar surface area (TPSA) is 152 Å². The van der Waals surface area contributed by atoms with Crippen LogP contribution in [0.5, 0.6) is 0 Å². The molecule has 168 valence electrons. The molecule has 2 aromatic carbocycles. The number of aromatic nitrogens is 4. The van der Waals surface area contributed by atoms with Crippen molar-refractivity contribution >= 4 is 56.7 Å². The molecule has 3 heterocycles. The van der Waals surface area contributed by atoms with E-state index >= 15 is 0 Å². The molecular weight excluding hydrogens is 506 g/mol. The van der Waals surface area contributed by atoms with E-state index in [2.05, 4.69) is 52.1 Å². The lowest BCUT2D eigenvalue weighted by Gasteiger charge is -2.09. The maximum Gasteiger partial charge on any atom is 0.335 e. The Bertz CT molecular complexity index is 1490. The van der Waals surface area contributed by atoms with Crippen LogP contribution in [0, 0.1) is 0 Å². The minimum absolute atomic E-state index is 0.203. The summed E-state index contributed by atoms with van der Waals surface area (Å²) in [6.45, 7) is 0. The summed E-state index contributed by atoms with van der Waals surface area (Å²) in [5.41, 5.74) is 5.04. The van der Waals surface area contributed by atoms with Gasteiger partial charge in [-0.05, 0) is 58.8 Å². The molecule has 34 heavy (non-hydrogen) atoms. The number of nitrogens with zero attached hydrogens (tertiary/aromatic N) is 5.